The number of cyclic esters (lactones) is 2. The molecule has 8 atom stereocenters. The van der Waals surface area contributed by atoms with Crippen molar-refractivity contribution < 1.29 is 14.3 Å². The Balaban J connectivity index is 1.50. The van der Waals surface area contributed by atoms with Crippen molar-refractivity contribution in [3.05, 3.63) is 0 Å². The van der Waals surface area contributed by atoms with Crippen LogP contribution < -0.4 is 0 Å². The molecule has 0 N–H and O–H groups in total. The monoisotopic (exact) mass is 416 g/mol. The SMILES string of the molecule is CC(C)CCC[C@@H](C)C1CCC2C3CC[C@H]4CC(=O)OC(=O)CC4(C)C3CCC21C. The van der Waals surface area contributed by atoms with E-state index in [0.29, 0.717) is 30.1 Å². The lowest BCUT2D eigenvalue weighted by Gasteiger charge is -2.58. The first-order valence-corrected chi connectivity index (χ1v) is 12.9. The molecule has 3 nitrogen and oxygen atoms in total. The van der Waals surface area contributed by atoms with Gasteiger partial charge in [0.25, 0.3) is 0 Å². The second-order valence-corrected chi connectivity index (χ2v) is 12.4. The van der Waals surface area contributed by atoms with Gasteiger partial charge in [0.05, 0.1) is 6.42 Å². The van der Waals surface area contributed by atoms with Gasteiger partial charge >= 0.3 is 11.9 Å². The van der Waals surface area contributed by atoms with Gasteiger partial charge in [-0.15, -0.1) is 0 Å². The molecule has 3 saturated carbocycles. The van der Waals surface area contributed by atoms with E-state index in [0.717, 1.165) is 36.0 Å². The zero-order valence-corrected chi connectivity index (χ0v) is 20.0. The summed E-state index contributed by atoms with van der Waals surface area (Å²) in [6.07, 6.45) is 12.7. The molecular weight excluding hydrogens is 372 g/mol. The minimum Gasteiger partial charge on any atom is -0.393 e. The topological polar surface area (TPSA) is 43.4 Å². The molecule has 3 aliphatic carbocycles. The average Bonchev–Trinajstić information content (AvgIpc) is 2.94. The highest BCUT2D eigenvalue weighted by Gasteiger charge is 2.61. The summed E-state index contributed by atoms with van der Waals surface area (Å²) in [5.41, 5.74) is 0.428. The average molecular weight is 417 g/mol. The number of ether oxygens (including phenoxy) is 1. The van der Waals surface area contributed by atoms with Crippen molar-refractivity contribution in [3.63, 3.8) is 0 Å². The molecule has 1 heterocycles. The standard InChI is InChI=1S/C27H44O3/c1-17(2)7-6-8-18(3)21-11-12-22-20-10-9-19-15-24(28)30-25(29)16-27(19,5)23(20)13-14-26(21,22)4/h17-23H,6-16H2,1-5H3/t18-,19+,20?,21?,22?,23?,26?,27?/m1/s1. The van der Waals surface area contributed by atoms with Crippen molar-refractivity contribution in [2.45, 2.75) is 105 Å². The Bertz CT molecular complexity index is 669. The maximum absolute atomic E-state index is 12.4. The largest absolute Gasteiger partial charge is 0.393 e. The third-order valence-electron chi connectivity index (χ3n) is 10.4. The van der Waals surface area contributed by atoms with Gasteiger partial charge in [0.15, 0.2) is 0 Å². The maximum Gasteiger partial charge on any atom is 0.314 e. The molecule has 170 valence electrons. The molecule has 0 spiro atoms. The molecule has 4 aliphatic rings. The summed E-state index contributed by atoms with van der Waals surface area (Å²) in [6, 6.07) is 0. The highest BCUT2D eigenvalue weighted by molar-refractivity contribution is 5.87. The third-order valence-corrected chi connectivity index (χ3v) is 10.4. The minimum absolute atomic E-state index is 0.0472. The zero-order valence-electron chi connectivity index (χ0n) is 20.0. The van der Waals surface area contributed by atoms with Crippen LogP contribution in [0.15, 0.2) is 0 Å². The summed E-state index contributed by atoms with van der Waals surface area (Å²) in [6.45, 7) is 12.1. The van der Waals surface area contributed by atoms with Gasteiger partial charge in [0.2, 0.25) is 0 Å². The van der Waals surface area contributed by atoms with Gasteiger partial charge in [-0.25, -0.2) is 0 Å². The summed E-state index contributed by atoms with van der Waals surface area (Å²) in [7, 11) is 0. The van der Waals surface area contributed by atoms with Crippen LogP contribution in [0, 0.1) is 52.3 Å². The lowest BCUT2D eigenvalue weighted by Crippen LogP contribution is -2.52. The quantitative estimate of drug-likeness (QED) is 0.366. The third kappa shape index (κ3) is 3.77. The van der Waals surface area contributed by atoms with E-state index in [-0.39, 0.29) is 17.4 Å². The summed E-state index contributed by atoms with van der Waals surface area (Å²) < 4.78 is 5.08. The molecule has 0 aromatic rings. The molecular formula is C27H44O3. The first kappa shape index (κ1) is 22.3. The van der Waals surface area contributed by atoms with Crippen LogP contribution in [0.3, 0.4) is 0 Å². The first-order valence-electron chi connectivity index (χ1n) is 12.9. The van der Waals surface area contributed by atoms with Crippen LogP contribution in [-0.4, -0.2) is 11.9 Å². The Labute approximate surface area is 184 Å². The normalized spacial score (nSPS) is 44.7. The van der Waals surface area contributed by atoms with Crippen LogP contribution >= 0.6 is 0 Å². The Kier molecular flexibility index (Phi) is 6.14. The zero-order chi connectivity index (χ0) is 21.7. The number of esters is 2. The van der Waals surface area contributed by atoms with Gasteiger partial charge in [-0.2, -0.15) is 0 Å². The van der Waals surface area contributed by atoms with Gasteiger partial charge in [-0.1, -0.05) is 53.9 Å². The summed E-state index contributed by atoms with van der Waals surface area (Å²) >= 11 is 0. The molecule has 3 heteroatoms. The van der Waals surface area contributed by atoms with Crippen LogP contribution in [0.25, 0.3) is 0 Å². The molecule has 6 unspecified atom stereocenters. The molecule has 1 saturated heterocycles. The Morgan fingerprint density at radius 2 is 1.63 bits per heavy atom. The molecule has 4 rings (SSSR count). The van der Waals surface area contributed by atoms with E-state index in [1.54, 1.807) is 0 Å². The van der Waals surface area contributed by atoms with Crippen molar-refractivity contribution in [3.8, 4) is 0 Å². The second kappa shape index (κ2) is 8.24. The molecule has 0 aromatic heterocycles. The number of hydrogen-bond donors (Lipinski definition) is 0. The number of carbonyl (C=O) groups is 2. The van der Waals surface area contributed by atoms with Crippen LogP contribution in [-0.2, 0) is 14.3 Å². The van der Waals surface area contributed by atoms with E-state index in [2.05, 4.69) is 34.6 Å². The van der Waals surface area contributed by atoms with Crippen molar-refractivity contribution in [1.82, 2.24) is 0 Å². The van der Waals surface area contributed by atoms with Gasteiger partial charge in [0.1, 0.15) is 0 Å². The van der Waals surface area contributed by atoms with Gasteiger partial charge < -0.3 is 4.74 Å². The lowest BCUT2D eigenvalue weighted by molar-refractivity contribution is -0.159. The molecule has 0 radical (unpaired) electrons. The number of fused-ring (bicyclic) bond motifs is 5. The summed E-state index contributed by atoms with van der Waals surface area (Å²) in [4.78, 5) is 24.5. The number of hydrogen-bond acceptors (Lipinski definition) is 3. The first-order chi connectivity index (χ1) is 14.1. The van der Waals surface area contributed by atoms with Crippen molar-refractivity contribution in [2.75, 3.05) is 0 Å². The molecule has 30 heavy (non-hydrogen) atoms. The van der Waals surface area contributed by atoms with E-state index in [1.165, 1.54) is 51.4 Å². The fourth-order valence-electron chi connectivity index (χ4n) is 8.89. The van der Waals surface area contributed by atoms with Gasteiger partial charge in [0, 0.05) is 6.42 Å². The van der Waals surface area contributed by atoms with E-state index in [1.807, 2.05) is 0 Å². The summed E-state index contributed by atoms with van der Waals surface area (Å²) in [5, 5.41) is 0. The number of rotatable bonds is 5. The predicted molar refractivity (Wildman–Crippen MR) is 120 cm³/mol. The highest BCUT2D eigenvalue weighted by Crippen LogP contribution is 2.67. The van der Waals surface area contributed by atoms with E-state index in [9.17, 15) is 9.59 Å². The Morgan fingerprint density at radius 3 is 2.37 bits per heavy atom. The Morgan fingerprint density at radius 1 is 0.900 bits per heavy atom. The van der Waals surface area contributed by atoms with Crippen molar-refractivity contribution >= 4 is 11.9 Å². The maximum atomic E-state index is 12.4. The van der Waals surface area contributed by atoms with E-state index in [4.69, 9.17) is 4.74 Å². The fraction of sp³-hybridized carbons (Fsp3) is 0.926. The second-order valence-electron chi connectivity index (χ2n) is 12.4. The molecule has 1 aliphatic heterocycles. The minimum atomic E-state index is -0.288. The van der Waals surface area contributed by atoms with Crippen LogP contribution in [0.5, 0.6) is 0 Å². The number of carbonyl (C=O) groups excluding carboxylic acids is 2. The highest BCUT2D eigenvalue weighted by atomic mass is 16.6. The van der Waals surface area contributed by atoms with Gasteiger partial charge in [-0.05, 0) is 90.8 Å². The molecule has 0 aromatic carbocycles. The molecule has 4 fully saturated rings. The van der Waals surface area contributed by atoms with E-state index >= 15 is 0 Å². The van der Waals surface area contributed by atoms with Crippen LogP contribution in [0.4, 0.5) is 0 Å². The summed E-state index contributed by atoms with van der Waals surface area (Å²) in [5.74, 6) is 4.39. The molecule has 0 amide bonds. The predicted octanol–water partition coefficient (Wildman–Crippen LogP) is 6.79. The van der Waals surface area contributed by atoms with Crippen molar-refractivity contribution in [2.24, 2.45) is 52.3 Å². The van der Waals surface area contributed by atoms with Crippen LogP contribution in [0.1, 0.15) is 105 Å². The lowest BCUT2D eigenvalue weighted by atomic mass is 9.46. The van der Waals surface area contributed by atoms with Crippen LogP contribution in [0.2, 0.25) is 0 Å². The van der Waals surface area contributed by atoms with Gasteiger partial charge in [-0.3, -0.25) is 9.59 Å². The van der Waals surface area contributed by atoms with Crippen molar-refractivity contribution in [1.29, 1.82) is 0 Å². The van der Waals surface area contributed by atoms with E-state index < -0.39 is 0 Å². The Hall–Kier alpha value is -0.860. The smallest absolute Gasteiger partial charge is 0.314 e. The molecule has 0 bridgehead atoms. The fourth-order valence-corrected chi connectivity index (χ4v) is 8.89.